The molecule has 0 spiro atoms. The molecule has 2 rings (SSSR count). The molecule has 5 nitrogen and oxygen atoms in total. The van der Waals surface area contributed by atoms with E-state index in [-0.39, 0.29) is 5.92 Å². The van der Waals surface area contributed by atoms with E-state index < -0.39 is 0 Å². The molecular weight excluding hydrogens is 196 g/mol. The zero-order chi connectivity index (χ0) is 10.7. The molecular formula is C10H12N2O3. The van der Waals surface area contributed by atoms with Crippen LogP contribution in [-0.4, -0.2) is 21.8 Å². The average molecular weight is 208 g/mol. The van der Waals surface area contributed by atoms with Crippen molar-refractivity contribution in [3.63, 3.8) is 0 Å². The summed E-state index contributed by atoms with van der Waals surface area (Å²) in [7, 11) is 0. The quantitative estimate of drug-likeness (QED) is 0.548. The lowest BCUT2D eigenvalue weighted by atomic mass is 9.85. The lowest BCUT2D eigenvalue weighted by Crippen LogP contribution is -2.21. The summed E-state index contributed by atoms with van der Waals surface area (Å²) in [5.41, 5.74) is 1.24. The molecule has 0 aliphatic heterocycles. The molecule has 1 fully saturated rings. The Kier molecular flexibility index (Phi) is 2.71. The Hall–Kier alpha value is -1.78. The van der Waals surface area contributed by atoms with Gasteiger partial charge < -0.3 is 14.8 Å². The van der Waals surface area contributed by atoms with Crippen molar-refractivity contribution in [3.8, 4) is 0 Å². The summed E-state index contributed by atoms with van der Waals surface area (Å²) in [6.45, 7) is 0. The highest BCUT2D eigenvalue weighted by Crippen LogP contribution is 2.30. The van der Waals surface area contributed by atoms with Gasteiger partial charge >= 0.3 is 0 Å². The average Bonchev–Trinajstić information content (AvgIpc) is 2.81. The number of oxime groups is 2. The Morgan fingerprint density at radius 3 is 2.33 bits per heavy atom. The molecule has 0 saturated heterocycles. The van der Waals surface area contributed by atoms with Crippen molar-refractivity contribution in [2.24, 2.45) is 10.3 Å². The zero-order valence-corrected chi connectivity index (χ0v) is 8.13. The molecule has 2 N–H and O–H groups in total. The largest absolute Gasteiger partial charge is 0.469 e. The van der Waals surface area contributed by atoms with Gasteiger partial charge in [0.25, 0.3) is 0 Å². The first-order valence-electron chi connectivity index (χ1n) is 4.76. The molecule has 1 aliphatic carbocycles. The van der Waals surface area contributed by atoms with E-state index in [1.54, 1.807) is 6.26 Å². The van der Waals surface area contributed by atoms with Gasteiger partial charge in [-0.3, -0.25) is 0 Å². The normalized spacial score (nSPS) is 27.3. The maximum absolute atomic E-state index is 8.74. The molecule has 1 aromatic rings. The SMILES string of the molecule is O/N=C1\C/C(=N/O)CC(c2ccco2)C1. The van der Waals surface area contributed by atoms with E-state index in [0.29, 0.717) is 30.7 Å². The molecule has 0 amide bonds. The van der Waals surface area contributed by atoms with Crippen LogP contribution in [0.15, 0.2) is 33.1 Å². The first kappa shape index (κ1) is 9.76. The smallest absolute Gasteiger partial charge is 0.107 e. The number of rotatable bonds is 1. The van der Waals surface area contributed by atoms with E-state index >= 15 is 0 Å². The third-order valence-electron chi connectivity index (χ3n) is 2.60. The fraction of sp³-hybridized carbons (Fsp3) is 0.400. The number of hydrogen-bond donors (Lipinski definition) is 2. The van der Waals surface area contributed by atoms with Gasteiger partial charge in [0.05, 0.1) is 17.7 Å². The van der Waals surface area contributed by atoms with Crippen LogP contribution in [0.3, 0.4) is 0 Å². The molecule has 15 heavy (non-hydrogen) atoms. The van der Waals surface area contributed by atoms with Crippen LogP contribution in [0.5, 0.6) is 0 Å². The minimum absolute atomic E-state index is 0.102. The number of furan rings is 1. The first-order valence-corrected chi connectivity index (χ1v) is 4.76. The van der Waals surface area contributed by atoms with Crippen LogP contribution in [0, 0.1) is 0 Å². The molecule has 1 aromatic heterocycles. The second kappa shape index (κ2) is 4.16. The summed E-state index contributed by atoms with van der Waals surface area (Å²) >= 11 is 0. The topological polar surface area (TPSA) is 78.3 Å². The van der Waals surface area contributed by atoms with Crippen molar-refractivity contribution in [3.05, 3.63) is 24.2 Å². The number of hydrogen-bond acceptors (Lipinski definition) is 5. The lowest BCUT2D eigenvalue weighted by molar-refractivity contribution is 0.309. The molecule has 1 unspecified atom stereocenters. The zero-order valence-electron chi connectivity index (χ0n) is 8.13. The second-order valence-corrected chi connectivity index (χ2v) is 3.63. The van der Waals surface area contributed by atoms with Gasteiger partial charge in [0.2, 0.25) is 0 Å². The molecule has 1 saturated carbocycles. The van der Waals surface area contributed by atoms with Gasteiger partial charge in [-0.1, -0.05) is 10.3 Å². The van der Waals surface area contributed by atoms with E-state index in [4.69, 9.17) is 14.8 Å². The van der Waals surface area contributed by atoms with Gasteiger partial charge in [-0.05, 0) is 25.0 Å². The lowest BCUT2D eigenvalue weighted by Gasteiger charge is -2.21. The Bertz CT molecular complexity index is 361. The molecule has 1 aliphatic rings. The molecule has 0 radical (unpaired) electrons. The van der Waals surface area contributed by atoms with Crippen LogP contribution >= 0.6 is 0 Å². The highest BCUT2D eigenvalue weighted by molar-refractivity contribution is 6.06. The Labute approximate surface area is 86.7 Å². The summed E-state index contributed by atoms with van der Waals surface area (Å²) in [6.07, 6.45) is 3.33. The highest BCUT2D eigenvalue weighted by Gasteiger charge is 2.26. The first-order chi connectivity index (χ1) is 7.33. The van der Waals surface area contributed by atoms with Gasteiger partial charge in [0.15, 0.2) is 0 Å². The summed E-state index contributed by atoms with van der Waals surface area (Å²) < 4.78 is 5.29. The maximum atomic E-state index is 8.74. The van der Waals surface area contributed by atoms with E-state index in [9.17, 15) is 0 Å². The molecule has 0 bridgehead atoms. The van der Waals surface area contributed by atoms with Gasteiger partial charge in [-0.2, -0.15) is 0 Å². The fourth-order valence-corrected chi connectivity index (χ4v) is 1.90. The molecule has 1 atom stereocenters. The van der Waals surface area contributed by atoms with Crippen molar-refractivity contribution in [1.29, 1.82) is 0 Å². The van der Waals surface area contributed by atoms with Crippen LogP contribution in [0.1, 0.15) is 30.9 Å². The third-order valence-corrected chi connectivity index (χ3v) is 2.60. The minimum atomic E-state index is 0.102. The van der Waals surface area contributed by atoms with Crippen molar-refractivity contribution in [1.82, 2.24) is 0 Å². The van der Waals surface area contributed by atoms with Crippen LogP contribution < -0.4 is 0 Å². The van der Waals surface area contributed by atoms with Gasteiger partial charge in [0, 0.05) is 12.3 Å². The van der Waals surface area contributed by atoms with Gasteiger partial charge in [0.1, 0.15) is 5.76 Å². The molecule has 5 heteroatoms. The van der Waals surface area contributed by atoms with Crippen molar-refractivity contribution < 1.29 is 14.8 Å². The summed E-state index contributed by atoms with van der Waals surface area (Å²) in [4.78, 5) is 0. The van der Waals surface area contributed by atoms with E-state index in [1.165, 1.54) is 0 Å². The number of nitrogens with zero attached hydrogens (tertiary/aromatic N) is 2. The van der Waals surface area contributed by atoms with E-state index in [1.807, 2.05) is 12.1 Å². The predicted octanol–water partition coefficient (Wildman–Crippen LogP) is 2.21. The van der Waals surface area contributed by atoms with Crippen LogP contribution in [0.25, 0.3) is 0 Å². The fourth-order valence-electron chi connectivity index (χ4n) is 1.90. The molecule has 80 valence electrons. The second-order valence-electron chi connectivity index (χ2n) is 3.63. The van der Waals surface area contributed by atoms with Gasteiger partial charge in [-0.15, -0.1) is 0 Å². The van der Waals surface area contributed by atoms with Crippen LogP contribution in [0.2, 0.25) is 0 Å². The standard InChI is InChI=1S/C10H12N2O3/c13-11-8-4-7(5-9(6-8)12-14)10-2-1-3-15-10/h1-3,7,13-14H,4-6H2/b11-8-,12-9+. The Balaban J connectivity index is 2.20. The summed E-state index contributed by atoms with van der Waals surface area (Å²) in [5.74, 6) is 0.933. The van der Waals surface area contributed by atoms with Crippen LogP contribution in [-0.2, 0) is 0 Å². The van der Waals surface area contributed by atoms with Crippen molar-refractivity contribution in [2.45, 2.75) is 25.2 Å². The van der Waals surface area contributed by atoms with E-state index in [0.717, 1.165) is 5.76 Å². The van der Waals surface area contributed by atoms with Crippen molar-refractivity contribution >= 4 is 11.4 Å². The third kappa shape index (κ3) is 2.01. The monoisotopic (exact) mass is 208 g/mol. The minimum Gasteiger partial charge on any atom is -0.469 e. The maximum Gasteiger partial charge on any atom is 0.107 e. The predicted molar refractivity (Wildman–Crippen MR) is 53.7 cm³/mol. The van der Waals surface area contributed by atoms with Crippen molar-refractivity contribution in [2.75, 3.05) is 0 Å². The van der Waals surface area contributed by atoms with Gasteiger partial charge in [-0.25, -0.2) is 0 Å². The summed E-state index contributed by atoms with van der Waals surface area (Å²) in [6, 6.07) is 3.69. The molecule has 0 aromatic carbocycles. The molecule has 1 heterocycles. The highest BCUT2D eigenvalue weighted by atomic mass is 16.4. The van der Waals surface area contributed by atoms with E-state index in [2.05, 4.69) is 10.3 Å². The Morgan fingerprint density at radius 2 is 1.87 bits per heavy atom. The summed E-state index contributed by atoms with van der Waals surface area (Å²) in [5, 5.41) is 23.9. The van der Waals surface area contributed by atoms with Crippen LogP contribution in [0.4, 0.5) is 0 Å². The Morgan fingerprint density at radius 1 is 1.20 bits per heavy atom.